The highest BCUT2D eigenvalue weighted by Crippen LogP contribution is 2.43. The van der Waals surface area contributed by atoms with Crippen LogP contribution in [0.2, 0.25) is 0 Å². The maximum absolute atomic E-state index is 13.9. The Morgan fingerprint density at radius 3 is 2.04 bits per heavy atom. The molecule has 0 aliphatic carbocycles. The Labute approximate surface area is 142 Å². The predicted molar refractivity (Wildman–Crippen MR) is 99.0 cm³/mol. The molecular weight excluding hydrogens is 315 g/mol. The van der Waals surface area contributed by atoms with E-state index in [2.05, 4.69) is 11.6 Å². The Bertz CT molecular complexity index is 922. The van der Waals surface area contributed by atoms with Gasteiger partial charge in [-0.1, -0.05) is 72.7 Å². The molecular formula is C21H17O2P. The Hall–Kier alpha value is -2.59. The summed E-state index contributed by atoms with van der Waals surface area (Å²) in [4.78, 5) is 0. The van der Waals surface area contributed by atoms with Crippen molar-refractivity contribution in [1.82, 2.24) is 0 Å². The average Bonchev–Trinajstić information content (AvgIpc) is 2.67. The summed E-state index contributed by atoms with van der Waals surface area (Å²) >= 11 is 0. The van der Waals surface area contributed by atoms with Crippen molar-refractivity contribution in [1.29, 1.82) is 0 Å². The SMILES string of the molecule is O=[P@@](C#Cc1ccccc1)(c1ccccc1)c1ccccc1CO. The van der Waals surface area contributed by atoms with E-state index in [1.807, 2.05) is 72.8 Å². The summed E-state index contributed by atoms with van der Waals surface area (Å²) in [6.07, 6.45) is 0. The molecule has 0 aromatic heterocycles. The largest absolute Gasteiger partial charge is 0.392 e. The lowest BCUT2D eigenvalue weighted by Crippen LogP contribution is -2.18. The molecule has 3 aromatic rings. The van der Waals surface area contributed by atoms with Crippen molar-refractivity contribution in [2.24, 2.45) is 0 Å². The molecule has 0 radical (unpaired) electrons. The summed E-state index contributed by atoms with van der Waals surface area (Å²) in [6.45, 7) is -0.167. The van der Waals surface area contributed by atoms with Crippen LogP contribution in [0.5, 0.6) is 0 Å². The van der Waals surface area contributed by atoms with E-state index in [1.165, 1.54) is 0 Å². The summed E-state index contributed by atoms with van der Waals surface area (Å²) < 4.78 is 13.9. The monoisotopic (exact) mass is 332 g/mol. The van der Waals surface area contributed by atoms with Gasteiger partial charge in [0.15, 0.2) is 0 Å². The molecule has 0 aliphatic heterocycles. The van der Waals surface area contributed by atoms with Gasteiger partial charge in [0.1, 0.15) is 0 Å². The lowest BCUT2D eigenvalue weighted by Gasteiger charge is -2.16. The summed E-state index contributed by atoms with van der Waals surface area (Å²) in [5.41, 5.74) is 4.47. The minimum absolute atomic E-state index is 0.167. The highest BCUT2D eigenvalue weighted by Gasteiger charge is 2.27. The third-order valence-corrected chi connectivity index (χ3v) is 6.32. The first-order valence-corrected chi connectivity index (χ1v) is 9.38. The van der Waals surface area contributed by atoms with Gasteiger partial charge in [0.2, 0.25) is 7.14 Å². The number of benzene rings is 3. The van der Waals surface area contributed by atoms with Crippen molar-refractivity contribution < 1.29 is 9.67 Å². The van der Waals surface area contributed by atoms with Crippen LogP contribution in [0.1, 0.15) is 11.1 Å². The number of hydrogen-bond donors (Lipinski definition) is 1. The van der Waals surface area contributed by atoms with Crippen LogP contribution in [0.25, 0.3) is 0 Å². The summed E-state index contributed by atoms with van der Waals surface area (Å²) in [7, 11) is -3.16. The molecule has 0 fully saturated rings. The molecule has 2 nitrogen and oxygen atoms in total. The van der Waals surface area contributed by atoms with E-state index in [9.17, 15) is 9.67 Å². The third kappa shape index (κ3) is 3.34. The molecule has 0 spiro atoms. The van der Waals surface area contributed by atoms with Crippen molar-refractivity contribution in [3.05, 3.63) is 96.1 Å². The van der Waals surface area contributed by atoms with Crippen LogP contribution in [-0.4, -0.2) is 5.11 Å². The second kappa shape index (κ2) is 7.32. The molecule has 0 amide bonds. The van der Waals surface area contributed by atoms with Crippen molar-refractivity contribution in [2.75, 3.05) is 0 Å². The summed E-state index contributed by atoms with van der Waals surface area (Å²) in [6, 6.07) is 26.0. The van der Waals surface area contributed by atoms with Gasteiger partial charge in [-0.05, 0) is 29.4 Å². The van der Waals surface area contributed by atoms with Crippen LogP contribution in [0, 0.1) is 11.6 Å². The lowest BCUT2D eigenvalue weighted by atomic mass is 10.2. The molecule has 3 aromatic carbocycles. The second-order valence-electron chi connectivity index (χ2n) is 5.33. The van der Waals surface area contributed by atoms with Gasteiger partial charge >= 0.3 is 0 Å². The fourth-order valence-electron chi connectivity index (χ4n) is 2.52. The maximum Gasteiger partial charge on any atom is 0.211 e. The lowest BCUT2D eigenvalue weighted by molar-refractivity contribution is 0.283. The van der Waals surface area contributed by atoms with Gasteiger partial charge in [-0.15, -0.1) is 0 Å². The van der Waals surface area contributed by atoms with Gasteiger partial charge in [0, 0.05) is 16.2 Å². The van der Waals surface area contributed by atoms with Crippen molar-refractivity contribution in [3.8, 4) is 11.6 Å². The topological polar surface area (TPSA) is 37.3 Å². The second-order valence-corrected chi connectivity index (χ2v) is 7.77. The Kier molecular flexibility index (Phi) is 4.96. The van der Waals surface area contributed by atoms with Crippen LogP contribution in [-0.2, 0) is 11.2 Å². The van der Waals surface area contributed by atoms with E-state index in [1.54, 1.807) is 12.1 Å². The van der Waals surface area contributed by atoms with E-state index >= 15 is 0 Å². The van der Waals surface area contributed by atoms with Crippen LogP contribution in [0.15, 0.2) is 84.9 Å². The van der Waals surface area contributed by atoms with Crippen molar-refractivity contribution in [3.63, 3.8) is 0 Å². The van der Waals surface area contributed by atoms with E-state index in [-0.39, 0.29) is 6.61 Å². The van der Waals surface area contributed by atoms with E-state index in [0.717, 1.165) is 5.56 Å². The minimum Gasteiger partial charge on any atom is -0.392 e. The average molecular weight is 332 g/mol. The smallest absolute Gasteiger partial charge is 0.211 e. The number of aliphatic hydroxyl groups excluding tert-OH is 1. The van der Waals surface area contributed by atoms with Crippen LogP contribution in [0.4, 0.5) is 0 Å². The van der Waals surface area contributed by atoms with Gasteiger partial charge in [-0.3, -0.25) is 4.57 Å². The van der Waals surface area contributed by atoms with Gasteiger partial charge in [-0.25, -0.2) is 0 Å². The molecule has 3 rings (SSSR count). The fourth-order valence-corrected chi connectivity index (χ4v) is 4.77. The van der Waals surface area contributed by atoms with Crippen LogP contribution >= 0.6 is 7.14 Å². The zero-order valence-electron chi connectivity index (χ0n) is 13.1. The van der Waals surface area contributed by atoms with Crippen molar-refractivity contribution in [2.45, 2.75) is 6.61 Å². The van der Waals surface area contributed by atoms with Crippen LogP contribution < -0.4 is 10.6 Å². The van der Waals surface area contributed by atoms with Crippen LogP contribution in [0.3, 0.4) is 0 Å². The van der Waals surface area contributed by atoms with E-state index < -0.39 is 7.14 Å². The first-order chi connectivity index (χ1) is 11.7. The zero-order chi connectivity index (χ0) is 16.8. The maximum atomic E-state index is 13.9. The van der Waals surface area contributed by atoms with Gasteiger partial charge < -0.3 is 5.11 Å². The quantitative estimate of drug-likeness (QED) is 0.589. The molecule has 0 saturated carbocycles. The first-order valence-electron chi connectivity index (χ1n) is 7.67. The number of rotatable bonds is 3. The Balaban J connectivity index is 2.20. The molecule has 1 atom stereocenters. The summed E-state index contributed by atoms with van der Waals surface area (Å²) in [5, 5.41) is 10.9. The van der Waals surface area contributed by atoms with Gasteiger partial charge in [0.05, 0.1) is 6.61 Å². The van der Waals surface area contributed by atoms with Crippen molar-refractivity contribution >= 4 is 17.8 Å². The van der Waals surface area contributed by atoms with Gasteiger partial charge in [0.25, 0.3) is 0 Å². The third-order valence-electron chi connectivity index (χ3n) is 3.75. The molecule has 3 heteroatoms. The predicted octanol–water partition coefficient (Wildman–Crippen LogP) is 3.50. The first kappa shape index (κ1) is 16.3. The normalized spacial score (nSPS) is 12.7. The molecule has 0 bridgehead atoms. The Morgan fingerprint density at radius 2 is 1.38 bits per heavy atom. The van der Waals surface area contributed by atoms with E-state index in [4.69, 9.17) is 0 Å². The standard InChI is InChI=1S/C21H17O2P/c22-17-19-11-7-8-14-21(19)24(23,20-12-5-2-6-13-20)16-15-18-9-3-1-4-10-18/h1-14,22H,17H2/t24-/m0/s1. The molecule has 0 heterocycles. The molecule has 24 heavy (non-hydrogen) atoms. The fraction of sp³-hybridized carbons (Fsp3) is 0.0476. The van der Waals surface area contributed by atoms with E-state index in [0.29, 0.717) is 16.2 Å². The summed E-state index contributed by atoms with van der Waals surface area (Å²) in [5.74, 6) is 3.04. The minimum atomic E-state index is -3.16. The number of aliphatic hydroxyl groups is 1. The Morgan fingerprint density at radius 1 is 0.792 bits per heavy atom. The highest BCUT2D eigenvalue weighted by atomic mass is 31.2. The molecule has 118 valence electrons. The molecule has 0 unspecified atom stereocenters. The number of hydrogen-bond acceptors (Lipinski definition) is 2. The highest BCUT2D eigenvalue weighted by molar-refractivity contribution is 7.83. The molecule has 1 N–H and O–H groups in total. The zero-order valence-corrected chi connectivity index (χ0v) is 14.0. The molecule has 0 aliphatic rings. The van der Waals surface area contributed by atoms with Gasteiger partial charge in [-0.2, -0.15) is 0 Å². The molecule has 0 saturated heterocycles.